The van der Waals surface area contributed by atoms with Gasteiger partial charge in [-0.2, -0.15) is 0 Å². The van der Waals surface area contributed by atoms with Gasteiger partial charge in [-0.3, -0.25) is 4.79 Å². The maximum Gasteiger partial charge on any atom is 0.230 e. The average molecular weight is 265 g/mol. The minimum absolute atomic E-state index is 0.0304. The van der Waals surface area contributed by atoms with E-state index in [4.69, 9.17) is 4.74 Å². The second-order valence-electron chi connectivity index (χ2n) is 3.96. The van der Waals surface area contributed by atoms with Gasteiger partial charge in [0, 0.05) is 11.4 Å². The van der Waals surface area contributed by atoms with E-state index in [9.17, 15) is 4.79 Å². The highest BCUT2D eigenvalue weighted by Crippen LogP contribution is 2.15. The number of carbonyl (C=O) groups excluding carboxylic acids is 1. The standard InChI is InChI=1S/C14H19NO2S/c1-12(2)10-17-9-8-15-14(16)11-18-13-6-4-3-5-7-13/h3-7H,1,8-11H2,2H3,(H,15,16). The fraction of sp³-hybridized carbons (Fsp3) is 0.357. The first kappa shape index (κ1) is 14.8. The van der Waals surface area contributed by atoms with Crippen molar-refractivity contribution in [2.75, 3.05) is 25.5 Å². The largest absolute Gasteiger partial charge is 0.375 e. The summed E-state index contributed by atoms with van der Waals surface area (Å²) in [4.78, 5) is 12.6. The molecule has 98 valence electrons. The molecule has 0 saturated carbocycles. The predicted octanol–water partition coefficient (Wildman–Crippen LogP) is 2.49. The zero-order chi connectivity index (χ0) is 13.2. The molecule has 1 N–H and O–H groups in total. The maximum atomic E-state index is 11.5. The van der Waals surface area contributed by atoms with Crippen LogP contribution in [0.2, 0.25) is 0 Å². The molecule has 18 heavy (non-hydrogen) atoms. The van der Waals surface area contributed by atoms with Crippen LogP contribution >= 0.6 is 11.8 Å². The van der Waals surface area contributed by atoms with Gasteiger partial charge in [-0.05, 0) is 19.1 Å². The lowest BCUT2D eigenvalue weighted by Gasteiger charge is -2.06. The number of hydrogen-bond donors (Lipinski definition) is 1. The van der Waals surface area contributed by atoms with Crippen LogP contribution in [0.25, 0.3) is 0 Å². The zero-order valence-corrected chi connectivity index (χ0v) is 11.5. The Morgan fingerprint density at radius 2 is 2.11 bits per heavy atom. The molecular weight excluding hydrogens is 246 g/mol. The molecule has 3 nitrogen and oxygen atoms in total. The molecule has 1 aromatic rings. The van der Waals surface area contributed by atoms with E-state index in [1.807, 2.05) is 37.3 Å². The van der Waals surface area contributed by atoms with Crippen molar-refractivity contribution >= 4 is 17.7 Å². The number of thioether (sulfide) groups is 1. The lowest BCUT2D eigenvalue weighted by atomic mass is 10.4. The number of ether oxygens (including phenoxy) is 1. The van der Waals surface area contributed by atoms with Gasteiger partial charge in [0.2, 0.25) is 5.91 Å². The number of benzene rings is 1. The summed E-state index contributed by atoms with van der Waals surface area (Å²) in [7, 11) is 0. The van der Waals surface area contributed by atoms with Crippen molar-refractivity contribution in [3.8, 4) is 0 Å². The van der Waals surface area contributed by atoms with Crippen LogP contribution in [0.15, 0.2) is 47.4 Å². The lowest BCUT2D eigenvalue weighted by Crippen LogP contribution is -2.28. The van der Waals surface area contributed by atoms with Crippen LogP contribution < -0.4 is 5.32 Å². The Balaban J connectivity index is 2.06. The molecular formula is C14H19NO2S. The first-order valence-electron chi connectivity index (χ1n) is 5.85. The fourth-order valence-electron chi connectivity index (χ4n) is 1.23. The molecule has 0 radical (unpaired) electrons. The summed E-state index contributed by atoms with van der Waals surface area (Å²) in [6.45, 7) is 7.26. The zero-order valence-electron chi connectivity index (χ0n) is 10.6. The third-order valence-corrected chi connectivity index (χ3v) is 3.04. The van der Waals surface area contributed by atoms with E-state index in [2.05, 4.69) is 11.9 Å². The van der Waals surface area contributed by atoms with E-state index < -0.39 is 0 Å². The van der Waals surface area contributed by atoms with Crippen molar-refractivity contribution in [2.45, 2.75) is 11.8 Å². The molecule has 0 unspecified atom stereocenters. The SMILES string of the molecule is C=C(C)COCCNC(=O)CSc1ccccc1. The molecule has 0 fully saturated rings. The highest BCUT2D eigenvalue weighted by atomic mass is 32.2. The van der Waals surface area contributed by atoms with Crippen LogP contribution in [0, 0.1) is 0 Å². The molecule has 0 atom stereocenters. The first-order valence-corrected chi connectivity index (χ1v) is 6.83. The van der Waals surface area contributed by atoms with E-state index in [1.54, 1.807) is 0 Å². The Hall–Kier alpha value is -1.26. The summed E-state index contributed by atoms with van der Waals surface area (Å²) in [5.74, 6) is 0.465. The van der Waals surface area contributed by atoms with Gasteiger partial charge in [0.05, 0.1) is 19.0 Å². The molecule has 0 aliphatic rings. The van der Waals surface area contributed by atoms with E-state index in [0.717, 1.165) is 10.5 Å². The van der Waals surface area contributed by atoms with Crippen molar-refractivity contribution < 1.29 is 9.53 Å². The Morgan fingerprint density at radius 3 is 2.78 bits per heavy atom. The van der Waals surface area contributed by atoms with E-state index in [0.29, 0.717) is 25.5 Å². The smallest absolute Gasteiger partial charge is 0.230 e. The Labute approximate surface area is 113 Å². The third-order valence-electron chi connectivity index (χ3n) is 2.03. The molecule has 0 bridgehead atoms. The Bertz CT molecular complexity index is 379. The number of rotatable bonds is 8. The van der Waals surface area contributed by atoms with Gasteiger partial charge in [-0.1, -0.05) is 30.4 Å². The van der Waals surface area contributed by atoms with Crippen LogP contribution in [0.5, 0.6) is 0 Å². The van der Waals surface area contributed by atoms with Gasteiger partial charge in [-0.15, -0.1) is 11.8 Å². The van der Waals surface area contributed by atoms with Gasteiger partial charge in [0.25, 0.3) is 0 Å². The molecule has 4 heteroatoms. The van der Waals surface area contributed by atoms with Crippen molar-refractivity contribution in [1.29, 1.82) is 0 Å². The van der Waals surface area contributed by atoms with Gasteiger partial charge in [0.1, 0.15) is 0 Å². The summed E-state index contributed by atoms with van der Waals surface area (Å²) in [5, 5.41) is 2.81. The lowest BCUT2D eigenvalue weighted by molar-refractivity contribution is -0.118. The average Bonchev–Trinajstić information content (AvgIpc) is 2.37. The Kier molecular flexibility index (Phi) is 7.22. The maximum absolute atomic E-state index is 11.5. The summed E-state index contributed by atoms with van der Waals surface area (Å²) >= 11 is 1.53. The van der Waals surface area contributed by atoms with Gasteiger partial charge in [0.15, 0.2) is 0 Å². The van der Waals surface area contributed by atoms with Crippen molar-refractivity contribution in [3.05, 3.63) is 42.5 Å². The van der Waals surface area contributed by atoms with Gasteiger partial charge in [-0.25, -0.2) is 0 Å². The van der Waals surface area contributed by atoms with Crippen molar-refractivity contribution in [2.24, 2.45) is 0 Å². The quantitative estimate of drug-likeness (QED) is 0.446. The molecule has 1 aromatic carbocycles. The topological polar surface area (TPSA) is 38.3 Å². The summed E-state index contributed by atoms with van der Waals surface area (Å²) in [6, 6.07) is 9.88. The number of amides is 1. The predicted molar refractivity (Wildman–Crippen MR) is 75.8 cm³/mol. The summed E-state index contributed by atoms with van der Waals surface area (Å²) < 4.78 is 5.29. The van der Waals surface area contributed by atoms with E-state index >= 15 is 0 Å². The van der Waals surface area contributed by atoms with E-state index in [-0.39, 0.29) is 5.91 Å². The third kappa shape index (κ3) is 7.14. The molecule has 0 aliphatic heterocycles. The Morgan fingerprint density at radius 1 is 1.39 bits per heavy atom. The summed E-state index contributed by atoms with van der Waals surface area (Å²) in [6.07, 6.45) is 0. The van der Waals surface area contributed by atoms with E-state index in [1.165, 1.54) is 11.8 Å². The van der Waals surface area contributed by atoms with Gasteiger partial charge < -0.3 is 10.1 Å². The molecule has 0 saturated heterocycles. The number of nitrogens with one attached hydrogen (secondary N) is 1. The van der Waals surface area contributed by atoms with Crippen LogP contribution in [0.3, 0.4) is 0 Å². The van der Waals surface area contributed by atoms with Gasteiger partial charge >= 0.3 is 0 Å². The molecule has 0 aromatic heterocycles. The highest BCUT2D eigenvalue weighted by Gasteiger charge is 2.01. The minimum Gasteiger partial charge on any atom is -0.375 e. The van der Waals surface area contributed by atoms with Crippen LogP contribution in [0.4, 0.5) is 0 Å². The van der Waals surface area contributed by atoms with Crippen LogP contribution in [-0.2, 0) is 9.53 Å². The summed E-state index contributed by atoms with van der Waals surface area (Å²) in [5.41, 5.74) is 0.987. The second-order valence-corrected chi connectivity index (χ2v) is 5.01. The fourth-order valence-corrected chi connectivity index (χ4v) is 1.98. The molecule has 0 heterocycles. The number of hydrogen-bond acceptors (Lipinski definition) is 3. The van der Waals surface area contributed by atoms with Crippen molar-refractivity contribution in [1.82, 2.24) is 5.32 Å². The molecule has 1 rings (SSSR count). The molecule has 0 spiro atoms. The highest BCUT2D eigenvalue weighted by molar-refractivity contribution is 8.00. The van der Waals surface area contributed by atoms with Crippen molar-refractivity contribution in [3.63, 3.8) is 0 Å². The monoisotopic (exact) mass is 265 g/mol. The minimum atomic E-state index is 0.0304. The van der Waals surface area contributed by atoms with Crippen LogP contribution in [0.1, 0.15) is 6.92 Å². The number of carbonyl (C=O) groups is 1. The van der Waals surface area contributed by atoms with Crippen LogP contribution in [-0.4, -0.2) is 31.4 Å². The first-order chi connectivity index (χ1) is 8.68. The second kappa shape index (κ2) is 8.78. The molecule has 1 amide bonds. The molecule has 0 aliphatic carbocycles. The normalized spacial score (nSPS) is 10.1.